The number of carbonyl (C=O) groups excluding carboxylic acids is 2. The molecule has 0 unspecified atom stereocenters. The molecule has 0 radical (unpaired) electrons. The highest BCUT2D eigenvalue weighted by Crippen LogP contribution is 2.41. The summed E-state index contributed by atoms with van der Waals surface area (Å²) in [6.45, 7) is -12.9. The van der Waals surface area contributed by atoms with Gasteiger partial charge in [-0.3, -0.25) is 19.1 Å². The zero-order valence-electron chi connectivity index (χ0n) is 27.7. The third-order valence-electron chi connectivity index (χ3n) is 5.54. The van der Waals surface area contributed by atoms with Gasteiger partial charge >= 0.3 is 0 Å². The molecule has 4 rings (SSSR count). The van der Waals surface area contributed by atoms with Gasteiger partial charge in [0.2, 0.25) is 11.8 Å². The Hall–Kier alpha value is -2.40. The topological polar surface area (TPSA) is 45.6 Å². The molecule has 0 spiro atoms. The second-order valence-electron chi connectivity index (χ2n) is 7.09. The van der Waals surface area contributed by atoms with Gasteiger partial charge in [0.05, 0.1) is 14.2 Å². The third-order valence-corrected chi connectivity index (χ3v) is 5.54. The maximum absolute atomic E-state index is 13.8. The van der Waals surface area contributed by atoms with Gasteiger partial charge in [0.15, 0.2) is 0 Å². The third kappa shape index (κ3) is 2.80. The fourth-order valence-electron chi connectivity index (χ4n) is 4.20. The van der Waals surface area contributed by atoms with Crippen LogP contribution in [0.5, 0.6) is 0 Å². The summed E-state index contributed by atoms with van der Waals surface area (Å²) >= 11 is 0. The monoisotopic (exact) mass is 391 g/mol. The van der Waals surface area contributed by atoms with Gasteiger partial charge in [-0.15, -0.1) is 0 Å². The van der Waals surface area contributed by atoms with Gasteiger partial charge in [0.1, 0.15) is 0 Å². The van der Waals surface area contributed by atoms with Crippen molar-refractivity contribution in [3.05, 3.63) is 41.6 Å². The van der Waals surface area contributed by atoms with Gasteiger partial charge in [-0.1, -0.05) is 25.1 Å². The fraction of sp³-hybridized carbons (Fsp3) is 0.478. The van der Waals surface area contributed by atoms with Crippen LogP contribution in [0.2, 0.25) is 0 Å². The average Bonchev–Trinajstić information content (AvgIpc) is 3.08. The molecule has 2 atom stereocenters. The van der Waals surface area contributed by atoms with E-state index in [1.807, 2.05) is 0 Å². The number of likely N-dealkylation sites (N-methyl/N-ethyl adjacent to an activating group) is 1. The van der Waals surface area contributed by atoms with Gasteiger partial charge in [-0.25, -0.2) is 0 Å². The second-order valence-corrected chi connectivity index (χ2v) is 7.09. The van der Waals surface area contributed by atoms with Crippen LogP contribution in [0.25, 0.3) is 16.5 Å². The van der Waals surface area contributed by atoms with Crippen molar-refractivity contribution in [2.45, 2.75) is 39.5 Å². The number of rotatable bonds is 4. The SMILES string of the molecule is [2H]c1cc2c3c(c([2H])n(C(=O)CC)c3c1)C[C@@H]1C2=C[C@@H](C(=O)N(C([2H])([2H])C([2H])([2H])[2H])C([2H])([2H])C([2H])([2H])[2H])CN1C. The first-order chi connectivity index (χ1) is 18.2. The van der Waals surface area contributed by atoms with Crippen LogP contribution < -0.4 is 0 Å². The number of nitrogens with zero attached hydrogens (tertiary/aromatic N) is 3. The van der Waals surface area contributed by atoms with Crippen molar-refractivity contribution in [1.29, 1.82) is 0 Å². The minimum atomic E-state index is -3.66. The number of carbonyl (C=O) groups is 2. The van der Waals surface area contributed by atoms with Crippen LogP contribution >= 0.6 is 0 Å². The molecule has 0 saturated carbocycles. The van der Waals surface area contributed by atoms with Gasteiger partial charge in [-0.2, -0.15) is 0 Å². The highest BCUT2D eigenvalue weighted by Gasteiger charge is 2.37. The summed E-state index contributed by atoms with van der Waals surface area (Å²) in [6.07, 6.45) is 1.85. The maximum Gasteiger partial charge on any atom is 0.230 e. The molecule has 1 aliphatic heterocycles. The summed E-state index contributed by atoms with van der Waals surface area (Å²) in [4.78, 5) is 27.9. The zero-order chi connectivity index (χ0) is 30.3. The molecule has 0 bridgehead atoms. The van der Waals surface area contributed by atoms with Crippen LogP contribution in [-0.2, 0) is 11.2 Å². The van der Waals surface area contributed by atoms with E-state index >= 15 is 0 Å². The Balaban J connectivity index is 1.93. The number of hydrogen-bond donors (Lipinski definition) is 0. The van der Waals surface area contributed by atoms with E-state index in [0.717, 1.165) is 0 Å². The van der Waals surface area contributed by atoms with E-state index in [2.05, 4.69) is 0 Å². The van der Waals surface area contributed by atoms with Gasteiger partial charge in [-0.05, 0) is 49.9 Å². The highest BCUT2D eigenvalue weighted by atomic mass is 16.2. The van der Waals surface area contributed by atoms with Crippen molar-refractivity contribution in [1.82, 2.24) is 14.4 Å². The first kappa shape index (κ1) is 9.40. The molecule has 1 amide bonds. The Morgan fingerprint density at radius 2 is 2.14 bits per heavy atom. The molecule has 28 heavy (non-hydrogen) atoms. The quantitative estimate of drug-likeness (QED) is 0.802. The molecule has 1 aromatic heterocycles. The molecule has 2 aliphatic rings. The van der Waals surface area contributed by atoms with Gasteiger partial charge < -0.3 is 4.90 Å². The van der Waals surface area contributed by atoms with E-state index in [1.165, 1.54) is 22.8 Å². The van der Waals surface area contributed by atoms with Crippen molar-refractivity contribution in [3.63, 3.8) is 0 Å². The number of benzene rings is 1. The van der Waals surface area contributed by atoms with Crippen molar-refractivity contribution >= 4 is 28.3 Å². The number of fused-ring (bicyclic) bond motifs is 2. The normalized spacial score (nSPS) is 29.6. The lowest BCUT2D eigenvalue weighted by molar-refractivity contribution is -0.134. The van der Waals surface area contributed by atoms with E-state index in [9.17, 15) is 9.59 Å². The first-order valence-corrected chi connectivity index (χ1v) is 9.11. The van der Waals surface area contributed by atoms with Gasteiger partial charge in [0.25, 0.3) is 0 Å². The highest BCUT2D eigenvalue weighted by molar-refractivity contribution is 6.03. The maximum atomic E-state index is 13.8. The lowest BCUT2D eigenvalue weighted by Gasteiger charge is -2.40. The van der Waals surface area contributed by atoms with Crippen LogP contribution in [0, 0.1) is 5.92 Å². The predicted molar refractivity (Wildman–Crippen MR) is 112 cm³/mol. The van der Waals surface area contributed by atoms with Crippen LogP contribution in [0.3, 0.4) is 0 Å². The smallest absolute Gasteiger partial charge is 0.230 e. The minimum absolute atomic E-state index is 0.00210. The molecular weight excluding hydrogens is 350 g/mol. The summed E-state index contributed by atoms with van der Waals surface area (Å²) in [6, 6.07) is 2.60. The molecule has 5 heteroatoms. The number of aromatic nitrogens is 1. The predicted octanol–water partition coefficient (Wildman–Crippen LogP) is 3.43. The van der Waals surface area contributed by atoms with Crippen molar-refractivity contribution < 1.29 is 26.0 Å². The minimum Gasteiger partial charge on any atom is -0.343 e. The van der Waals surface area contributed by atoms with Crippen LogP contribution in [0.15, 0.2) is 30.4 Å². The van der Waals surface area contributed by atoms with Crippen molar-refractivity contribution in [2.75, 3.05) is 26.6 Å². The van der Waals surface area contributed by atoms with Crippen LogP contribution in [0.4, 0.5) is 0 Å². The lowest BCUT2D eigenvalue weighted by Crippen LogP contribution is -2.47. The Morgan fingerprint density at radius 3 is 2.86 bits per heavy atom. The Morgan fingerprint density at radius 1 is 1.36 bits per heavy atom. The standard InChI is InChI=1S/C23H29N3O2/c1-5-21(27)26-14-15-12-20-18(17-9-8-10-19(26)22(15)17)11-16(13-24(20)4)23(28)25(6-2)7-3/h8-11,14,16,20H,5-7,12-13H2,1-4H3/t16-,20-/m1/s1/i2D3,3D3,6D2,7D2,8D,14D. The number of hydrogen-bond acceptors (Lipinski definition) is 3. The summed E-state index contributed by atoms with van der Waals surface area (Å²) in [5.74, 6) is -3.02. The second kappa shape index (κ2) is 7.21. The molecule has 2 aromatic rings. The van der Waals surface area contributed by atoms with E-state index in [1.54, 1.807) is 18.9 Å². The lowest BCUT2D eigenvalue weighted by atomic mass is 9.79. The molecule has 1 aromatic carbocycles. The Kier molecular flexibility index (Phi) is 2.42. The Bertz CT molecular complexity index is 1400. The Labute approximate surface area is 183 Å². The van der Waals surface area contributed by atoms with Crippen molar-refractivity contribution in [2.24, 2.45) is 5.92 Å². The zero-order valence-corrected chi connectivity index (χ0v) is 15.7. The summed E-state index contributed by atoms with van der Waals surface area (Å²) in [5, 5.41) is 0.555. The van der Waals surface area contributed by atoms with E-state index in [4.69, 9.17) is 16.4 Å². The largest absolute Gasteiger partial charge is 0.343 e. The molecule has 2 heterocycles. The molecule has 0 saturated heterocycles. The first-order valence-electron chi connectivity index (χ1n) is 15.1. The van der Waals surface area contributed by atoms with E-state index in [-0.39, 0.29) is 42.4 Å². The molecule has 1 aliphatic carbocycles. The molecule has 0 fully saturated rings. The average molecular weight is 392 g/mol. The van der Waals surface area contributed by atoms with Crippen LogP contribution in [0.1, 0.15) is 59.4 Å². The molecule has 148 valence electrons. The summed E-state index contributed by atoms with van der Waals surface area (Å²) in [5.41, 5.74) is 1.93. The van der Waals surface area contributed by atoms with Crippen molar-refractivity contribution in [3.8, 4) is 0 Å². The fourth-order valence-corrected chi connectivity index (χ4v) is 4.20. The molecule has 0 N–H and O–H groups in total. The molecular formula is C23H29N3O2. The van der Waals surface area contributed by atoms with E-state index < -0.39 is 44.6 Å². The van der Waals surface area contributed by atoms with E-state index in [0.29, 0.717) is 27.6 Å². The summed E-state index contributed by atoms with van der Waals surface area (Å²) in [7, 11) is 1.64. The van der Waals surface area contributed by atoms with Gasteiger partial charge in [0, 0.05) is 57.3 Å². The molecule has 5 nitrogen and oxygen atoms in total. The van der Waals surface area contributed by atoms with Crippen LogP contribution in [-0.4, -0.2) is 58.8 Å². The summed E-state index contributed by atoms with van der Waals surface area (Å²) < 4.78 is 96.6. The number of amides is 1.